The Morgan fingerprint density at radius 1 is 1.15 bits per heavy atom. The number of methoxy groups -OCH3 is 1. The Labute approximate surface area is 175 Å². The molecule has 0 saturated carbocycles. The van der Waals surface area contributed by atoms with E-state index in [1.807, 2.05) is 13.0 Å². The van der Waals surface area contributed by atoms with Gasteiger partial charge in [0.2, 0.25) is 9.84 Å². The summed E-state index contributed by atoms with van der Waals surface area (Å²) in [7, 11) is -2.22. The van der Waals surface area contributed by atoms with Gasteiger partial charge in [-0.2, -0.15) is 0 Å². The summed E-state index contributed by atoms with van der Waals surface area (Å²) in [5.41, 5.74) is 1.90. The lowest BCUT2D eigenvalue weighted by Crippen LogP contribution is -2.35. The molecule has 0 amide bonds. The van der Waals surface area contributed by atoms with Crippen LogP contribution in [0.25, 0.3) is 0 Å². The first-order valence-electron chi connectivity index (χ1n) is 8.58. The average molecular weight is 476 g/mol. The van der Waals surface area contributed by atoms with E-state index >= 15 is 0 Å². The Morgan fingerprint density at radius 2 is 1.85 bits per heavy atom. The van der Waals surface area contributed by atoms with Crippen LogP contribution >= 0.6 is 28.3 Å². The number of hydrogen-bond donors (Lipinski definition) is 2. The van der Waals surface area contributed by atoms with Gasteiger partial charge in [-0.05, 0) is 68.8 Å². The summed E-state index contributed by atoms with van der Waals surface area (Å²) in [6.45, 7) is 3.94. The van der Waals surface area contributed by atoms with Crippen molar-refractivity contribution in [3.63, 3.8) is 0 Å². The van der Waals surface area contributed by atoms with Crippen LogP contribution < -0.4 is 15.4 Å². The van der Waals surface area contributed by atoms with Gasteiger partial charge in [-0.1, -0.05) is 22.0 Å². The van der Waals surface area contributed by atoms with Crippen LogP contribution in [0.2, 0.25) is 0 Å². The number of aryl methyl sites for hydroxylation is 1. The molecular formula is C19H24BrClN2O3S. The van der Waals surface area contributed by atoms with Crippen molar-refractivity contribution < 1.29 is 13.2 Å². The lowest BCUT2D eigenvalue weighted by Gasteiger charge is -2.25. The molecule has 1 aliphatic heterocycles. The van der Waals surface area contributed by atoms with Gasteiger partial charge < -0.3 is 15.4 Å². The molecule has 1 aliphatic rings. The first-order valence-corrected chi connectivity index (χ1v) is 10.9. The van der Waals surface area contributed by atoms with Crippen molar-refractivity contribution in [2.75, 3.05) is 25.5 Å². The first-order chi connectivity index (χ1) is 12.4. The first kappa shape index (κ1) is 22.0. The van der Waals surface area contributed by atoms with Gasteiger partial charge >= 0.3 is 0 Å². The van der Waals surface area contributed by atoms with E-state index in [-0.39, 0.29) is 22.2 Å². The van der Waals surface area contributed by atoms with E-state index in [4.69, 9.17) is 4.74 Å². The van der Waals surface area contributed by atoms with Crippen molar-refractivity contribution in [2.24, 2.45) is 0 Å². The highest BCUT2D eigenvalue weighted by atomic mass is 79.9. The molecule has 148 valence electrons. The standard InChI is InChI=1S/C19H23BrN2O3S.ClH/c1-13-3-5-16(12-17(13)22-15-7-9-21-10-8-15)26(23,24)19-11-14(20)4-6-18(19)25-2;/h3-6,11-12,15,21-22H,7-10H2,1-2H3;1H. The number of hydrogen-bond acceptors (Lipinski definition) is 5. The number of piperidine rings is 1. The topological polar surface area (TPSA) is 67.4 Å². The second kappa shape index (κ2) is 9.28. The molecule has 1 saturated heterocycles. The summed E-state index contributed by atoms with van der Waals surface area (Å²) in [5, 5.41) is 6.84. The van der Waals surface area contributed by atoms with E-state index in [1.165, 1.54) is 7.11 Å². The maximum absolute atomic E-state index is 13.2. The lowest BCUT2D eigenvalue weighted by molar-refractivity contribution is 0.402. The van der Waals surface area contributed by atoms with Crippen LogP contribution in [0.5, 0.6) is 5.75 Å². The summed E-state index contributed by atoms with van der Waals surface area (Å²) in [5.74, 6) is 0.335. The highest BCUT2D eigenvalue weighted by Crippen LogP contribution is 2.33. The van der Waals surface area contributed by atoms with Gasteiger partial charge in [0.25, 0.3) is 0 Å². The molecule has 27 heavy (non-hydrogen) atoms. The van der Waals surface area contributed by atoms with Gasteiger partial charge in [-0.15, -0.1) is 12.4 Å². The molecule has 5 nitrogen and oxygen atoms in total. The van der Waals surface area contributed by atoms with Crippen LogP contribution in [0, 0.1) is 6.92 Å². The third-order valence-corrected chi connectivity index (χ3v) is 6.90. The number of sulfone groups is 1. The van der Waals surface area contributed by atoms with Gasteiger partial charge in [0, 0.05) is 16.2 Å². The zero-order valence-electron chi connectivity index (χ0n) is 15.3. The Bertz CT molecular complexity index is 900. The van der Waals surface area contributed by atoms with Crippen LogP contribution in [0.1, 0.15) is 18.4 Å². The largest absolute Gasteiger partial charge is 0.495 e. The van der Waals surface area contributed by atoms with Gasteiger partial charge in [-0.25, -0.2) is 8.42 Å². The summed E-state index contributed by atoms with van der Waals surface area (Å²) in [6, 6.07) is 10.6. The SMILES string of the molecule is COc1ccc(Br)cc1S(=O)(=O)c1ccc(C)c(NC2CCNCC2)c1.Cl. The molecule has 2 aromatic rings. The molecule has 0 aromatic heterocycles. The monoisotopic (exact) mass is 474 g/mol. The summed E-state index contributed by atoms with van der Waals surface area (Å²) >= 11 is 3.34. The Kier molecular flexibility index (Phi) is 7.56. The molecule has 0 spiro atoms. The number of benzene rings is 2. The molecule has 0 radical (unpaired) electrons. The predicted molar refractivity (Wildman–Crippen MR) is 114 cm³/mol. The molecular weight excluding hydrogens is 452 g/mol. The van der Waals surface area contributed by atoms with E-state index in [0.29, 0.717) is 16.3 Å². The van der Waals surface area contributed by atoms with Crippen molar-refractivity contribution in [3.8, 4) is 5.75 Å². The van der Waals surface area contributed by atoms with Gasteiger partial charge in [0.05, 0.1) is 12.0 Å². The highest BCUT2D eigenvalue weighted by Gasteiger charge is 2.24. The van der Waals surface area contributed by atoms with Crippen LogP contribution in [0.3, 0.4) is 0 Å². The van der Waals surface area contributed by atoms with Crippen molar-refractivity contribution in [1.29, 1.82) is 0 Å². The van der Waals surface area contributed by atoms with Crippen LogP contribution in [0.4, 0.5) is 5.69 Å². The van der Waals surface area contributed by atoms with Gasteiger partial charge in [0.15, 0.2) is 0 Å². The Morgan fingerprint density at radius 3 is 2.52 bits per heavy atom. The van der Waals surface area contributed by atoms with E-state index in [0.717, 1.165) is 37.2 Å². The fourth-order valence-electron chi connectivity index (χ4n) is 3.10. The fourth-order valence-corrected chi connectivity index (χ4v) is 5.08. The molecule has 8 heteroatoms. The molecule has 2 N–H and O–H groups in total. The molecule has 0 bridgehead atoms. The smallest absolute Gasteiger partial charge is 0.210 e. The molecule has 2 aromatic carbocycles. The number of nitrogens with one attached hydrogen (secondary N) is 2. The van der Waals surface area contributed by atoms with Crippen molar-refractivity contribution in [1.82, 2.24) is 5.32 Å². The Balaban J connectivity index is 0.00000261. The van der Waals surface area contributed by atoms with E-state index in [1.54, 1.807) is 30.3 Å². The second-order valence-corrected chi connectivity index (χ2v) is 9.28. The molecule has 1 heterocycles. The number of rotatable bonds is 5. The number of halogens is 2. The third-order valence-electron chi connectivity index (χ3n) is 4.63. The van der Waals surface area contributed by atoms with Crippen LogP contribution in [-0.2, 0) is 9.84 Å². The molecule has 1 fully saturated rings. The fraction of sp³-hybridized carbons (Fsp3) is 0.368. The van der Waals surface area contributed by atoms with E-state index in [2.05, 4.69) is 26.6 Å². The van der Waals surface area contributed by atoms with Gasteiger partial charge in [-0.3, -0.25) is 0 Å². The predicted octanol–water partition coefficient (Wildman–Crippen LogP) is 4.18. The number of ether oxygens (including phenoxy) is 1. The summed E-state index contributed by atoms with van der Waals surface area (Å²) in [6.07, 6.45) is 2.05. The summed E-state index contributed by atoms with van der Waals surface area (Å²) < 4.78 is 32.3. The quantitative estimate of drug-likeness (QED) is 0.679. The molecule has 0 aliphatic carbocycles. The van der Waals surface area contributed by atoms with Crippen molar-refractivity contribution in [3.05, 3.63) is 46.4 Å². The molecule has 3 rings (SSSR count). The highest BCUT2D eigenvalue weighted by molar-refractivity contribution is 9.10. The summed E-state index contributed by atoms with van der Waals surface area (Å²) in [4.78, 5) is 0.418. The van der Waals surface area contributed by atoms with E-state index in [9.17, 15) is 8.42 Å². The maximum atomic E-state index is 13.2. The van der Waals surface area contributed by atoms with E-state index < -0.39 is 9.84 Å². The minimum Gasteiger partial charge on any atom is -0.495 e. The molecule has 0 atom stereocenters. The average Bonchev–Trinajstić information content (AvgIpc) is 2.64. The van der Waals surface area contributed by atoms with Crippen LogP contribution in [0.15, 0.2) is 50.7 Å². The second-order valence-electron chi connectivity index (χ2n) is 6.44. The van der Waals surface area contributed by atoms with Gasteiger partial charge in [0.1, 0.15) is 10.6 Å². The maximum Gasteiger partial charge on any atom is 0.210 e. The van der Waals surface area contributed by atoms with Crippen molar-refractivity contribution in [2.45, 2.75) is 35.6 Å². The zero-order valence-corrected chi connectivity index (χ0v) is 18.5. The number of anilines is 1. The van der Waals surface area contributed by atoms with Crippen LogP contribution in [-0.4, -0.2) is 34.7 Å². The minimum atomic E-state index is -3.69. The van der Waals surface area contributed by atoms with Crippen molar-refractivity contribution >= 4 is 43.9 Å². The third kappa shape index (κ3) is 4.96. The normalized spacial score (nSPS) is 15.1. The zero-order chi connectivity index (χ0) is 18.7. The molecule has 0 unspecified atom stereocenters. The minimum absolute atomic E-state index is 0. The lowest BCUT2D eigenvalue weighted by atomic mass is 10.1. The Hall–Kier alpha value is -1.28.